The fourth-order valence-corrected chi connectivity index (χ4v) is 2.18. The number of nitrogens with zero attached hydrogens (tertiary/aromatic N) is 1. The predicted octanol–water partition coefficient (Wildman–Crippen LogP) is 3.31. The molecule has 0 aliphatic carbocycles. The number of rotatable bonds is 2. The molecule has 7 heteroatoms. The first-order valence-electron chi connectivity index (χ1n) is 6.03. The van der Waals surface area contributed by atoms with Crippen molar-refractivity contribution in [3.63, 3.8) is 0 Å². The molecule has 2 N–H and O–H groups in total. The van der Waals surface area contributed by atoms with Crippen LogP contribution >= 0.6 is 11.8 Å². The average Bonchev–Trinajstić information content (AvgIpc) is 2.85. The molecule has 1 unspecified atom stereocenters. The van der Waals surface area contributed by atoms with Crippen LogP contribution in [0.4, 0.5) is 4.79 Å². The van der Waals surface area contributed by atoms with Gasteiger partial charge in [0.05, 0.1) is 5.25 Å². The highest BCUT2D eigenvalue weighted by atomic mass is 32.2. The standard InChI is InChI=1S/C6H10N2O.C6H9NO2S.2CH4/c1-4(2)6-7-5(3)9-8-6;1-3(2)4-5(8)7-6(9)10-4;;/h4H,3H2,1-2H3,(H,7,8);3-4H,1-2H3,(H,7,8,9);2*1H4. The minimum Gasteiger partial charge on any atom is -0.361 e. The lowest BCUT2D eigenvalue weighted by atomic mass is 10.1. The second kappa shape index (κ2) is 9.44. The van der Waals surface area contributed by atoms with Crippen LogP contribution in [0.25, 0.3) is 0 Å². The third-order valence-electron chi connectivity index (χ3n) is 2.39. The Kier molecular flexibility index (Phi) is 9.79. The van der Waals surface area contributed by atoms with Crippen LogP contribution in [0.1, 0.15) is 42.5 Å². The molecule has 0 aromatic rings. The van der Waals surface area contributed by atoms with E-state index >= 15 is 0 Å². The number of hydrogen-bond donors (Lipinski definition) is 2. The van der Waals surface area contributed by atoms with Crippen LogP contribution in [0.5, 0.6) is 0 Å². The summed E-state index contributed by atoms with van der Waals surface area (Å²) in [6.45, 7) is 11.4. The molecule has 6 nitrogen and oxygen atoms in total. The molecule has 2 amide bonds. The second-order valence-electron chi connectivity index (χ2n) is 4.81. The van der Waals surface area contributed by atoms with Crippen molar-refractivity contribution >= 4 is 28.7 Å². The van der Waals surface area contributed by atoms with Crippen molar-refractivity contribution in [1.29, 1.82) is 0 Å². The topological polar surface area (TPSA) is 79.8 Å². The summed E-state index contributed by atoms with van der Waals surface area (Å²) < 4.78 is 0. The summed E-state index contributed by atoms with van der Waals surface area (Å²) >= 11 is 1.08. The molecule has 0 aromatic carbocycles. The van der Waals surface area contributed by atoms with Crippen molar-refractivity contribution in [3.8, 4) is 0 Å². The Bertz CT molecular complexity index is 420. The molecule has 0 saturated carbocycles. The summed E-state index contributed by atoms with van der Waals surface area (Å²) in [5.74, 6) is 1.75. The van der Waals surface area contributed by atoms with Gasteiger partial charge in [-0.1, -0.05) is 54.3 Å². The zero-order valence-corrected chi connectivity index (χ0v) is 12.3. The van der Waals surface area contributed by atoms with Crippen LogP contribution in [-0.2, 0) is 9.63 Å². The van der Waals surface area contributed by atoms with E-state index in [0.717, 1.165) is 17.6 Å². The average molecular weight is 317 g/mol. The van der Waals surface area contributed by atoms with Crippen molar-refractivity contribution in [2.24, 2.45) is 16.8 Å². The van der Waals surface area contributed by atoms with Crippen LogP contribution in [-0.4, -0.2) is 22.2 Å². The summed E-state index contributed by atoms with van der Waals surface area (Å²) in [6, 6.07) is 0. The van der Waals surface area contributed by atoms with E-state index in [4.69, 9.17) is 4.84 Å². The molecule has 122 valence electrons. The Balaban J connectivity index is 0. The highest BCUT2D eigenvalue weighted by Crippen LogP contribution is 2.24. The zero-order chi connectivity index (χ0) is 14.6. The lowest BCUT2D eigenvalue weighted by molar-refractivity contribution is -0.119. The van der Waals surface area contributed by atoms with Crippen LogP contribution < -0.4 is 10.8 Å². The summed E-state index contributed by atoms with van der Waals surface area (Å²) in [7, 11) is 0. The molecule has 0 bridgehead atoms. The third kappa shape index (κ3) is 6.66. The van der Waals surface area contributed by atoms with Gasteiger partial charge < -0.3 is 4.84 Å². The van der Waals surface area contributed by atoms with Crippen molar-refractivity contribution < 1.29 is 14.4 Å². The smallest absolute Gasteiger partial charge is 0.286 e. The van der Waals surface area contributed by atoms with E-state index < -0.39 is 0 Å². The van der Waals surface area contributed by atoms with Crippen molar-refractivity contribution in [2.45, 2.75) is 47.8 Å². The van der Waals surface area contributed by atoms with Gasteiger partial charge in [-0.25, -0.2) is 5.48 Å². The Labute approximate surface area is 131 Å². The number of carbonyl (C=O) groups is 2. The number of hydrogen-bond acceptors (Lipinski definition) is 6. The second-order valence-corrected chi connectivity index (χ2v) is 5.92. The van der Waals surface area contributed by atoms with Crippen LogP contribution in [0.2, 0.25) is 0 Å². The first-order valence-corrected chi connectivity index (χ1v) is 6.91. The lowest BCUT2D eigenvalue weighted by Crippen LogP contribution is -2.27. The Morgan fingerprint density at radius 3 is 2.00 bits per heavy atom. The maximum atomic E-state index is 10.9. The summed E-state index contributed by atoms with van der Waals surface area (Å²) in [5, 5.41) is 1.84. The highest BCUT2D eigenvalue weighted by Gasteiger charge is 2.33. The molecule has 0 radical (unpaired) electrons. The third-order valence-corrected chi connectivity index (χ3v) is 3.72. The van der Waals surface area contributed by atoms with Gasteiger partial charge in [0.2, 0.25) is 11.8 Å². The maximum Gasteiger partial charge on any atom is 0.286 e. The van der Waals surface area contributed by atoms with E-state index in [1.165, 1.54) is 0 Å². The predicted molar refractivity (Wildman–Crippen MR) is 88.9 cm³/mol. The molecule has 1 saturated heterocycles. The number of carbonyl (C=O) groups excluding carboxylic acids is 2. The van der Waals surface area contributed by atoms with E-state index in [-0.39, 0.29) is 37.2 Å². The first kappa shape index (κ1) is 21.8. The molecular weight excluding hydrogens is 290 g/mol. The SMILES string of the molecule is C.C.C=C1N=C(C(C)C)NO1.CC(C)C1SC(=O)NC1=O. The fourth-order valence-electron chi connectivity index (χ4n) is 1.35. The number of aliphatic imine (C=N–C) groups is 1. The van der Waals surface area contributed by atoms with Crippen LogP contribution in [0, 0.1) is 11.8 Å². The molecule has 0 spiro atoms. The Morgan fingerprint density at radius 1 is 1.24 bits per heavy atom. The minimum atomic E-state index is -0.219. The van der Waals surface area contributed by atoms with Crippen LogP contribution in [0.3, 0.4) is 0 Å². The number of imide groups is 1. The Morgan fingerprint density at radius 2 is 1.81 bits per heavy atom. The highest BCUT2D eigenvalue weighted by molar-refractivity contribution is 8.15. The van der Waals surface area contributed by atoms with E-state index in [1.54, 1.807) is 0 Å². The van der Waals surface area contributed by atoms with Gasteiger partial charge in [0.25, 0.3) is 5.24 Å². The molecule has 1 atom stereocenters. The van der Waals surface area contributed by atoms with Gasteiger partial charge in [-0.15, -0.1) is 0 Å². The largest absolute Gasteiger partial charge is 0.361 e. The number of amidine groups is 1. The summed E-state index contributed by atoms with van der Waals surface area (Å²) in [6.07, 6.45) is 0. The van der Waals surface area contributed by atoms with Gasteiger partial charge in [-0.3, -0.25) is 14.9 Å². The monoisotopic (exact) mass is 317 g/mol. The van der Waals surface area contributed by atoms with Crippen molar-refractivity contribution in [2.75, 3.05) is 0 Å². The Hall–Kier alpha value is -1.50. The minimum absolute atomic E-state index is 0. The van der Waals surface area contributed by atoms with Gasteiger partial charge in [0.1, 0.15) is 5.84 Å². The molecule has 2 aliphatic rings. The molecule has 0 aromatic heterocycles. The molecule has 1 fully saturated rings. The van der Waals surface area contributed by atoms with E-state index in [2.05, 4.69) is 22.4 Å². The van der Waals surface area contributed by atoms with E-state index in [1.807, 2.05) is 27.7 Å². The van der Waals surface area contributed by atoms with Gasteiger partial charge in [-0.05, 0) is 12.5 Å². The fraction of sp³-hybridized carbons (Fsp3) is 0.643. The van der Waals surface area contributed by atoms with Gasteiger partial charge in [0, 0.05) is 5.92 Å². The quantitative estimate of drug-likeness (QED) is 0.816. The molecule has 2 rings (SSSR count). The lowest BCUT2D eigenvalue weighted by Gasteiger charge is -2.06. The van der Waals surface area contributed by atoms with Gasteiger partial charge in [0.15, 0.2) is 0 Å². The summed E-state index contributed by atoms with van der Waals surface area (Å²) in [4.78, 5) is 30.2. The summed E-state index contributed by atoms with van der Waals surface area (Å²) in [5.41, 5.74) is 2.66. The van der Waals surface area contributed by atoms with Gasteiger partial charge >= 0.3 is 0 Å². The number of hydroxylamine groups is 1. The normalized spacial score (nSPS) is 19.6. The van der Waals surface area contributed by atoms with E-state index in [9.17, 15) is 9.59 Å². The first-order chi connectivity index (χ1) is 8.81. The number of thioether (sulfide) groups is 1. The molecular formula is C14H27N3O3S. The van der Waals surface area contributed by atoms with E-state index in [0.29, 0.717) is 11.8 Å². The van der Waals surface area contributed by atoms with Gasteiger partial charge in [-0.2, -0.15) is 4.99 Å². The molecule has 2 aliphatic heterocycles. The number of amides is 2. The van der Waals surface area contributed by atoms with Crippen molar-refractivity contribution in [1.82, 2.24) is 10.8 Å². The maximum absolute atomic E-state index is 10.9. The molecule has 2 heterocycles. The molecule has 21 heavy (non-hydrogen) atoms. The zero-order valence-electron chi connectivity index (χ0n) is 11.5. The number of nitrogens with one attached hydrogen (secondary N) is 2. The van der Waals surface area contributed by atoms with Crippen LogP contribution in [0.15, 0.2) is 17.5 Å². The van der Waals surface area contributed by atoms with Crippen molar-refractivity contribution in [3.05, 3.63) is 12.5 Å².